The van der Waals surface area contributed by atoms with Gasteiger partial charge in [0.05, 0.1) is 12.1 Å². The van der Waals surface area contributed by atoms with Crippen LogP contribution in [0.2, 0.25) is 0 Å². The Balaban J connectivity index is 1.93. The Hall–Kier alpha value is -2.31. The number of methoxy groups -OCH3 is 1. The van der Waals surface area contributed by atoms with Crippen LogP contribution in [0, 0.1) is 11.6 Å². The van der Waals surface area contributed by atoms with Crippen LogP contribution in [0.15, 0.2) is 48.5 Å². The largest absolute Gasteiger partial charge is 0.391 e. The second-order valence-electron chi connectivity index (χ2n) is 6.09. The van der Waals surface area contributed by atoms with Gasteiger partial charge in [-0.15, -0.1) is 0 Å². The van der Waals surface area contributed by atoms with Gasteiger partial charge in [0.2, 0.25) is 0 Å². The number of benzene rings is 2. The maximum atomic E-state index is 14.2. The highest BCUT2D eigenvalue weighted by atomic mass is 19.1. The van der Waals surface area contributed by atoms with Crippen LogP contribution in [-0.4, -0.2) is 35.7 Å². The summed E-state index contributed by atoms with van der Waals surface area (Å²) in [6.45, 7) is 0.0478. The van der Waals surface area contributed by atoms with Gasteiger partial charge in [-0.3, -0.25) is 4.79 Å². The molecule has 1 fully saturated rings. The summed E-state index contributed by atoms with van der Waals surface area (Å²) < 4.78 is 33.1. The van der Waals surface area contributed by atoms with Crippen LogP contribution in [0.5, 0.6) is 0 Å². The summed E-state index contributed by atoms with van der Waals surface area (Å²) in [5.41, 5.74) is 0.725. The number of amides is 1. The van der Waals surface area contributed by atoms with Crippen molar-refractivity contribution >= 4 is 5.91 Å². The van der Waals surface area contributed by atoms with E-state index in [9.17, 15) is 18.7 Å². The van der Waals surface area contributed by atoms with Gasteiger partial charge < -0.3 is 14.7 Å². The predicted octanol–water partition coefficient (Wildman–Crippen LogP) is 2.99. The molecule has 1 aliphatic rings. The van der Waals surface area contributed by atoms with Gasteiger partial charge in [-0.05, 0) is 30.2 Å². The van der Waals surface area contributed by atoms with Gasteiger partial charge in [-0.25, -0.2) is 8.78 Å². The number of nitrogens with zero attached hydrogens (tertiary/aromatic N) is 1. The molecule has 2 aromatic rings. The molecular formula is C19H19F2NO3. The number of aliphatic hydroxyl groups is 1. The van der Waals surface area contributed by atoms with E-state index in [1.807, 2.05) is 6.07 Å². The molecule has 25 heavy (non-hydrogen) atoms. The molecular weight excluding hydrogens is 328 g/mol. The molecule has 1 N–H and O–H groups in total. The minimum absolute atomic E-state index is 0.0478. The second-order valence-corrected chi connectivity index (χ2v) is 6.09. The van der Waals surface area contributed by atoms with Gasteiger partial charge in [-0.2, -0.15) is 0 Å². The van der Waals surface area contributed by atoms with Crippen molar-refractivity contribution in [3.63, 3.8) is 0 Å². The summed E-state index contributed by atoms with van der Waals surface area (Å²) >= 11 is 0. The number of β-amino-alcohol motifs (C(OH)–C–C–N with tert-alkyl or cyclic N) is 1. The molecule has 3 rings (SSSR count). The monoisotopic (exact) mass is 347 g/mol. The number of hydrogen-bond acceptors (Lipinski definition) is 3. The molecule has 132 valence electrons. The van der Waals surface area contributed by atoms with Crippen LogP contribution in [-0.2, 0) is 9.53 Å². The normalized spacial score (nSPS) is 21.4. The van der Waals surface area contributed by atoms with Gasteiger partial charge in [0.25, 0.3) is 5.91 Å². The molecule has 0 aromatic heterocycles. The first-order chi connectivity index (χ1) is 12.0. The molecule has 3 atom stereocenters. The molecule has 0 bridgehead atoms. The van der Waals surface area contributed by atoms with Crippen molar-refractivity contribution in [3.8, 4) is 0 Å². The lowest BCUT2D eigenvalue weighted by Crippen LogP contribution is -2.36. The fourth-order valence-electron chi connectivity index (χ4n) is 3.28. The SMILES string of the molecule is CO[C@H](C(=O)N1C[C@@H](O)C[C@H]1c1cc(F)ccc1F)c1ccccc1. The van der Waals surface area contributed by atoms with Crippen LogP contribution in [0.25, 0.3) is 0 Å². The van der Waals surface area contributed by atoms with Crippen LogP contribution >= 0.6 is 0 Å². The summed E-state index contributed by atoms with van der Waals surface area (Å²) in [5, 5.41) is 10.0. The van der Waals surface area contributed by atoms with E-state index in [2.05, 4.69) is 0 Å². The molecule has 0 radical (unpaired) electrons. The molecule has 0 saturated carbocycles. The Morgan fingerprint density at radius 3 is 2.64 bits per heavy atom. The maximum absolute atomic E-state index is 14.2. The first-order valence-electron chi connectivity index (χ1n) is 8.02. The van der Waals surface area contributed by atoms with Crippen LogP contribution in [0.4, 0.5) is 8.78 Å². The number of likely N-dealkylation sites (tertiary alicyclic amines) is 1. The molecule has 1 saturated heterocycles. The average Bonchev–Trinajstić information content (AvgIpc) is 3.00. The molecule has 1 amide bonds. The van der Waals surface area contributed by atoms with Gasteiger partial charge in [0, 0.05) is 19.2 Å². The zero-order valence-corrected chi connectivity index (χ0v) is 13.7. The molecule has 1 heterocycles. The summed E-state index contributed by atoms with van der Waals surface area (Å²) in [4.78, 5) is 14.3. The molecule has 0 unspecified atom stereocenters. The molecule has 0 spiro atoms. The number of hydrogen-bond donors (Lipinski definition) is 1. The van der Waals surface area contributed by atoms with Crippen molar-refractivity contribution in [2.24, 2.45) is 0 Å². The van der Waals surface area contributed by atoms with E-state index in [0.29, 0.717) is 5.56 Å². The Bertz CT molecular complexity index is 754. The highest BCUT2D eigenvalue weighted by Gasteiger charge is 2.39. The lowest BCUT2D eigenvalue weighted by atomic mass is 10.0. The van der Waals surface area contributed by atoms with Crippen LogP contribution in [0.1, 0.15) is 29.7 Å². The lowest BCUT2D eigenvalue weighted by molar-refractivity contribution is -0.143. The van der Waals surface area contributed by atoms with Crippen molar-refractivity contribution in [2.75, 3.05) is 13.7 Å². The first-order valence-corrected chi connectivity index (χ1v) is 8.02. The summed E-state index contributed by atoms with van der Waals surface area (Å²) in [5.74, 6) is -1.58. The van der Waals surface area contributed by atoms with Crippen molar-refractivity contribution in [1.29, 1.82) is 0 Å². The van der Waals surface area contributed by atoms with E-state index >= 15 is 0 Å². The smallest absolute Gasteiger partial charge is 0.256 e. The zero-order valence-electron chi connectivity index (χ0n) is 13.7. The number of aliphatic hydroxyl groups excluding tert-OH is 1. The Kier molecular flexibility index (Phi) is 5.11. The number of ether oxygens (including phenoxy) is 1. The van der Waals surface area contributed by atoms with Crippen LogP contribution < -0.4 is 0 Å². The quantitative estimate of drug-likeness (QED) is 0.925. The maximum Gasteiger partial charge on any atom is 0.256 e. The number of carbonyl (C=O) groups is 1. The fourth-order valence-corrected chi connectivity index (χ4v) is 3.28. The standard InChI is InChI=1S/C19H19F2NO3/c1-25-18(12-5-3-2-4-6-12)19(24)22-11-14(23)10-17(22)15-9-13(20)7-8-16(15)21/h2-9,14,17-18,23H,10-11H2,1H3/t14-,17-,18-/m0/s1. The summed E-state index contributed by atoms with van der Waals surface area (Å²) in [6, 6.07) is 11.3. The minimum Gasteiger partial charge on any atom is -0.391 e. The van der Waals surface area contributed by atoms with Gasteiger partial charge >= 0.3 is 0 Å². The van der Waals surface area contributed by atoms with Gasteiger partial charge in [-0.1, -0.05) is 30.3 Å². The van der Waals surface area contributed by atoms with E-state index in [1.54, 1.807) is 24.3 Å². The summed E-state index contributed by atoms with van der Waals surface area (Å²) in [6.07, 6.45) is -1.52. The van der Waals surface area contributed by atoms with E-state index in [0.717, 1.165) is 18.2 Å². The molecule has 6 heteroatoms. The van der Waals surface area contributed by atoms with Crippen molar-refractivity contribution < 1.29 is 23.4 Å². The van der Waals surface area contributed by atoms with E-state index in [1.165, 1.54) is 12.0 Å². The molecule has 4 nitrogen and oxygen atoms in total. The van der Waals surface area contributed by atoms with Gasteiger partial charge in [0.1, 0.15) is 11.6 Å². The summed E-state index contributed by atoms with van der Waals surface area (Å²) in [7, 11) is 1.42. The van der Waals surface area contributed by atoms with E-state index < -0.39 is 29.9 Å². The number of carbonyl (C=O) groups excluding carboxylic acids is 1. The third-order valence-electron chi connectivity index (χ3n) is 4.44. The number of halogens is 2. The number of rotatable bonds is 4. The Morgan fingerprint density at radius 1 is 1.24 bits per heavy atom. The third kappa shape index (κ3) is 3.55. The van der Waals surface area contributed by atoms with Crippen molar-refractivity contribution in [1.82, 2.24) is 4.90 Å². The molecule has 1 aliphatic heterocycles. The van der Waals surface area contributed by atoms with E-state index in [-0.39, 0.29) is 24.4 Å². The van der Waals surface area contributed by atoms with Crippen molar-refractivity contribution in [2.45, 2.75) is 24.7 Å². The molecule has 2 aromatic carbocycles. The van der Waals surface area contributed by atoms with Gasteiger partial charge in [0.15, 0.2) is 6.10 Å². The second kappa shape index (κ2) is 7.29. The van der Waals surface area contributed by atoms with Crippen LogP contribution in [0.3, 0.4) is 0 Å². The molecule has 0 aliphatic carbocycles. The fraction of sp³-hybridized carbons (Fsp3) is 0.316. The average molecular weight is 347 g/mol. The highest BCUT2D eigenvalue weighted by molar-refractivity contribution is 5.83. The Morgan fingerprint density at radius 2 is 1.96 bits per heavy atom. The van der Waals surface area contributed by atoms with Crippen molar-refractivity contribution in [3.05, 3.63) is 71.3 Å². The minimum atomic E-state index is -0.870. The topological polar surface area (TPSA) is 49.8 Å². The lowest BCUT2D eigenvalue weighted by Gasteiger charge is -2.28. The highest BCUT2D eigenvalue weighted by Crippen LogP contribution is 2.36. The van der Waals surface area contributed by atoms with E-state index in [4.69, 9.17) is 4.74 Å². The Labute approximate surface area is 144 Å². The first kappa shape index (κ1) is 17.5. The third-order valence-corrected chi connectivity index (χ3v) is 4.44. The zero-order chi connectivity index (χ0) is 18.0. The predicted molar refractivity (Wildman–Crippen MR) is 87.6 cm³/mol.